The average molecular weight is 320 g/mol. The molecule has 3 amide bonds. The molecule has 0 aliphatic carbocycles. The summed E-state index contributed by atoms with van der Waals surface area (Å²) in [4.78, 5) is 27.8. The molecular formula is C15H14F2N4O2. The van der Waals surface area contributed by atoms with Crippen LogP contribution in [0.25, 0.3) is 0 Å². The lowest BCUT2D eigenvalue weighted by atomic mass is 10.1. The minimum absolute atomic E-state index is 0.111. The number of hydrogen-bond donors (Lipinski definition) is 3. The van der Waals surface area contributed by atoms with Gasteiger partial charge in [-0.05, 0) is 29.8 Å². The fourth-order valence-corrected chi connectivity index (χ4v) is 1.86. The monoisotopic (exact) mass is 320 g/mol. The molecule has 0 unspecified atom stereocenters. The van der Waals surface area contributed by atoms with Crippen LogP contribution in [0, 0.1) is 11.6 Å². The molecule has 2 aromatic rings. The van der Waals surface area contributed by atoms with Crippen molar-refractivity contribution in [3.8, 4) is 0 Å². The average Bonchev–Trinajstić information content (AvgIpc) is 2.55. The lowest BCUT2D eigenvalue weighted by molar-refractivity contribution is -0.122. The van der Waals surface area contributed by atoms with Crippen molar-refractivity contribution in [1.82, 2.24) is 15.6 Å². The Balaban J connectivity index is 2.17. The van der Waals surface area contributed by atoms with Gasteiger partial charge in [0.25, 0.3) is 0 Å². The molecular weight excluding hydrogens is 306 g/mol. The number of nitrogens with zero attached hydrogens (tertiary/aromatic N) is 1. The van der Waals surface area contributed by atoms with E-state index in [0.717, 1.165) is 12.1 Å². The number of anilines is 1. The van der Waals surface area contributed by atoms with E-state index in [1.165, 1.54) is 19.3 Å². The first-order valence-corrected chi connectivity index (χ1v) is 6.66. The first-order valence-electron chi connectivity index (χ1n) is 6.66. The van der Waals surface area contributed by atoms with E-state index in [1.54, 1.807) is 18.2 Å². The van der Waals surface area contributed by atoms with Crippen molar-refractivity contribution < 1.29 is 18.4 Å². The number of hydrogen-bond acceptors (Lipinski definition) is 3. The molecule has 0 radical (unpaired) electrons. The normalized spacial score (nSPS) is 11.4. The molecule has 1 atom stereocenters. The molecule has 0 aliphatic heterocycles. The molecule has 120 valence electrons. The van der Waals surface area contributed by atoms with Crippen LogP contribution in [-0.4, -0.2) is 24.0 Å². The second kappa shape index (κ2) is 7.30. The van der Waals surface area contributed by atoms with E-state index in [-0.39, 0.29) is 11.4 Å². The van der Waals surface area contributed by atoms with Gasteiger partial charge in [-0.3, -0.25) is 10.1 Å². The van der Waals surface area contributed by atoms with Crippen molar-refractivity contribution >= 4 is 17.8 Å². The van der Waals surface area contributed by atoms with Crippen LogP contribution in [-0.2, 0) is 4.79 Å². The summed E-state index contributed by atoms with van der Waals surface area (Å²) < 4.78 is 26.4. The van der Waals surface area contributed by atoms with Crippen LogP contribution in [0.15, 0.2) is 42.6 Å². The van der Waals surface area contributed by atoms with E-state index >= 15 is 0 Å². The van der Waals surface area contributed by atoms with Gasteiger partial charge in [-0.1, -0.05) is 12.1 Å². The van der Waals surface area contributed by atoms with Crippen LogP contribution >= 0.6 is 0 Å². The third-order valence-electron chi connectivity index (χ3n) is 2.97. The van der Waals surface area contributed by atoms with Gasteiger partial charge in [-0.15, -0.1) is 0 Å². The standard InChI is InChI=1S/C15H14F2N4O2/c1-18-14(22)13(9-5-6-10(16)11(17)8-9)21-15(23)20-12-4-2-3-7-19-12/h2-8,13H,1H3,(H,18,22)(H2,19,20,21,23)/t13-/m0/s1. The lowest BCUT2D eigenvalue weighted by Gasteiger charge is -2.18. The maximum Gasteiger partial charge on any atom is 0.321 e. The molecule has 0 bridgehead atoms. The summed E-state index contributed by atoms with van der Waals surface area (Å²) in [5, 5.41) is 7.18. The summed E-state index contributed by atoms with van der Waals surface area (Å²) in [6, 6.07) is 5.99. The summed E-state index contributed by atoms with van der Waals surface area (Å²) in [5.41, 5.74) is 0.111. The maximum atomic E-state index is 13.3. The van der Waals surface area contributed by atoms with Gasteiger partial charge in [0.1, 0.15) is 11.9 Å². The maximum absolute atomic E-state index is 13.3. The fourth-order valence-electron chi connectivity index (χ4n) is 1.86. The van der Waals surface area contributed by atoms with Gasteiger partial charge in [0.2, 0.25) is 5.91 Å². The molecule has 23 heavy (non-hydrogen) atoms. The third-order valence-corrected chi connectivity index (χ3v) is 2.97. The highest BCUT2D eigenvalue weighted by atomic mass is 19.2. The molecule has 0 aliphatic rings. The smallest absolute Gasteiger partial charge is 0.321 e. The largest absolute Gasteiger partial charge is 0.357 e. The summed E-state index contributed by atoms with van der Waals surface area (Å²) >= 11 is 0. The molecule has 1 aromatic carbocycles. The first-order chi connectivity index (χ1) is 11.0. The summed E-state index contributed by atoms with van der Waals surface area (Å²) in [6.45, 7) is 0. The van der Waals surface area contributed by atoms with Crippen molar-refractivity contribution in [2.45, 2.75) is 6.04 Å². The van der Waals surface area contributed by atoms with Crippen molar-refractivity contribution in [1.29, 1.82) is 0 Å². The number of amides is 3. The Kier molecular flexibility index (Phi) is 5.19. The highest BCUT2D eigenvalue weighted by Gasteiger charge is 2.23. The molecule has 1 heterocycles. The number of carbonyl (C=O) groups excluding carboxylic acids is 2. The number of benzene rings is 1. The van der Waals surface area contributed by atoms with E-state index < -0.39 is 29.6 Å². The minimum atomic E-state index is -1.18. The van der Waals surface area contributed by atoms with Gasteiger partial charge in [-0.2, -0.15) is 0 Å². The highest BCUT2D eigenvalue weighted by Crippen LogP contribution is 2.17. The number of urea groups is 1. The summed E-state index contributed by atoms with van der Waals surface area (Å²) in [6.07, 6.45) is 1.49. The van der Waals surface area contributed by atoms with Crippen LogP contribution in [0.2, 0.25) is 0 Å². The van der Waals surface area contributed by atoms with Gasteiger partial charge in [0.05, 0.1) is 0 Å². The lowest BCUT2D eigenvalue weighted by Crippen LogP contribution is -2.41. The van der Waals surface area contributed by atoms with Crippen molar-refractivity contribution in [3.63, 3.8) is 0 Å². The molecule has 1 aromatic heterocycles. The Bertz CT molecular complexity index is 710. The zero-order chi connectivity index (χ0) is 16.8. The molecule has 3 N–H and O–H groups in total. The Morgan fingerprint density at radius 3 is 2.52 bits per heavy atom. The van der Waals surface area contributed by atoms with Crippen LogP contribution in [0.1, 0.15) is 11.6 Å². The van der Waals surface area contributed by atoms with E-state index in [0.29, 0.717) is 0 Å². The second-order valence-electron chi connectivity index (χ2n) is 4.53. The number of halogens is 2. The molecule has 0 spiro atoms. The predicted molar refractivity (Wildman–Crippen MR) is 79.6 cm³/mol. The zero-order valence-electron chi connectivity index (χ0n) is 12.1. The fraction of sp³-hybridized carbons (Fsp3) is 0.133. The van der Waals surface area contributed by atoms with Gasteiger partial charge in [-0.25, -0.2) is 18.6 Å². The van der Waals surface area contributed by atoms with Gasteiger partial charge < -0.3 is 10.6 Å². The van der Waals surface area contributed by atoms with Gasteiger partial charge in [0.15, 0.2) is 11.6 Å². The van der Waals surface area contributed by atoms with Gasteiger partial charge >= 0.3 is 6.03 Å². The zero-order valence-corrected chi connectivity index (χ0v) is 12.1. The molecule has 2 rings (SSSR count). The van der Waals surface area contributed by atoms with Crippen molar-refractivity contribution in [3.05, 3.63) is 59.8 Å². The van der Waals surface area contributed by atoms with Crippen LogP contribution in [0.3, 0.4) is 0 Å². The predicted octanol–water partition coefficient (Wildman–Crippen LogP) is 1.97. The Hall–Kier alpha value is -3.03. The molecule has 0 saturated carbocycles. The number of nitrogens with one attached hydrogen (secondary N) is 3. The van der Waals surface area contributed by atoms with E-state index in [2.05, 4.69) is 20.9 Å². The highest BCUT2D eigenvalue weighted by molar-refractivity contribution is 5.93. The first kappa shape index (κ1) is 16.3. The Morgan fingerprint density at radius 2 is 1.91 bits per heavy atom. The number of aromatic nitrogens is 1. The summed E-state index contributed by atoms with van der Waals surface area (Å²) in [5.74, 6) is -2.44. The third kappa shape index (κ3) is 4.22. The molecule has 0 saturated heterocycles. The Labute approximate surface area is 130 Å². The van der Waals surface area contributed by atoms with Crippen LogP contribution in [0.4, 0.5) is 19.4 Å². The summed E-state index contributed by atoms with van der Waals surface area (Å²) in [7, 11) is 1.37. The number of carbonyl (C=O) groups is 2. The number of pyridine rings is 1. The number of rotatable bonds is 4. The van der Waals surface area contributed by atoms with E-state index in [9.17, 15) is 18.4 Å². The van der Waals surface area contributed by atoms with Crippen molar-refractivity contribution in [2.24, 2.45) is 0 Å². The van der Waals surface area contributed by atoms with E-state index in [1.807, 2.05) is 0 Å². The SMILES string of the molecule is CNC(=O)[C@@H](NC(=O)Nc1ccccn1)c1ccc(F)c(F)c1. The topological polar surface area (TPSA) is 83.1 Å². The minimum Gasteiger partial charge on any atom is -0.357 e. The molecule has 8 heteroatoms. The quantitative estimate of drug-likeness (QED) is 0.805. The van der Waals surface area contributed by atoms with Crippen molar-refractivity contribution in [2.75, 3.05) is 12.4 Å². The van der Waals surface area contributed by atoms with Crippen LogP contribution in [0.5, 0.6) is 0 Å². The van der Waals surface area contributed by atoms with E-state index in [4.69, 9.17) is 0 Å². The number of likely N-dealkylation sites (N-methyl/N-ethyl adjacent to an activating group) is 1. The second-order valence-corrected chi connectivity index (χ2v) is 4.53. The Morgan fingerprint density at radius 1 is 1.13 bits per heavy atom. The van der Waals surface area contributed by atoms with Gasteiger partial charge in [0, 0.05) is 13.2 Å². The molecule has 0 fully saturated rings. The molecule has 6 nitrogen and oxygen atoms in total. The van der Waals surface area contributed by atoms with Crippen LogP contribution < -0.4 is 16.0 Å².